The molecule has 19 heavy (non-hydrogen) atoms. The molecule has 0 amide bonds. The summed E-state index contributed by atoms with van der Waals surface area (Å²) in [4.78, 5) is 16.7. The predicted octanol–water partition coefficient (Wildman–Crippen LogP) is 0.992. The average molecular weight is 251 g/mol. The van der Waals surface area contributed by atoms with Crippen molar-refractivity contribution in [2.24, 2.45) is 0 Å². The maximum atomic E-state index is 8.81. The number of aromatic nitrogens is 4. The van der Waals surface area contributed by atoms with Crippen LogP contribution in [0.2, 0.25) is 0 Å². The van der Waals surface area contributed by atoms with Gasteiger partial charge in [0.2, 0.25) is 11.5 Å². The summed E-state index contributed by atoms with van der Waals surface area (Å²) >= 11 is 0. The van der Waals surface area contributed by atoms with Gasteiger partial charge in [0, 0.05) is 18.0 Å². The van der Waals surface area contributed by atoms with E-state index >= 15 is 0 Å². The summed E-state index contributed by atoms with van der Waals surface area (Å²) < 4.78 is 4.99. The van der Waals surface area contributed by atoms with Crippen LogP contribution in [-0.2, 0) is 0 Å². The Morgan fingerprint density at radius 3 is 2.32 bits per heavy atom. The monoisotopic (exact) mass is 251 g/mol. The highest BCUT2D eigenvalue weighted by Gasteiger charge is 2.13. The van der Waals surface area contributed by atoms with Gasteiger partial charge in [-0.05, 0) is 0 Å². The van der Waals surface area contributed by atoms with Gasteiger partial charge in [0.05, 0.1) is 0 Å². The zero-order chi connectivity index (χ0) is 13.1. The highest BCUT2D eigenvalue weighted by Crippen LogP contribution is 2.26. The van der Waals surface area contributed by atoms with E-state index < -0.39 is 0 Å². The Balaban J connectivity index is 2.23. The second-order valence-corrected chi connectivity index (χ2v) is 3.67. The predicted molar refractivity (Wildman–Crippen MR) is 69.2 cm³/mol. The van der Waals surface area contributed by atoms with E-state index in [4.69, 9.17) is 9.68 Å². The summed E-state index contributed by atoms with van der Waals surface area (Å²) in [5, 5.41) is 8.81. The van der Waals surface area contributed by atoms with Crippen LogP contribution in [0.3, 0.4) is 0 Å². The fourth-order valence-electron chi connectivity index (χ4n) is 1.70. The van der Waals surface area contributed by atoms with Crippen LogP contribution in [0.4, 0.5) is 0 Å². The van der Waals surface area contributed by atoms with Crippen molar-refractivity contribution in [3.05, 3.63) is 42.7 Å². The molecular weight excluding hydrogens is 243 g/mol. The van der Waals surface area contributed by atoms with Crippen molar-refractivity contribution in [1.29, 1.82) is 0 Å². The second kappa shape index (κ2) is 4.99. The quantitative estimate of drug-likeness (QED) is 0.699. The molecule has 3 aromatic rings. The fourth-order valence-corrected chi connectivity index (χ4v) is 1.70. The molecule has 6 nitrogen and oxygen atoms in total. The molecule has 0 fully saturated rings. The Hall–Kier alpha value is -2.54. The van der Waals surface area contributed by atoms with Crippen molar-refractivity contribution >= 4 is 19.0 Å². The topological polar surface area (TPSA) is 81.0 Å². The molecule has 1 aromatic carbocycles. The van der Waals surface area contributed by atoms with Crippen LogP contribution in [0, 0.1) is 0 Å². The average Bonchev–Trinajstić information content (AvgIpc) is 2.48. The molecule has 0 aliphatic rings. The first-order chi connectivity index (χ1) is 9.38. The van der Waals surface area contributed by atoms with E-state index in [1.165, 1.54) is 6.20 Å². The molecule has 91 valence electrons. The third-order valence-electron chi connectivity index (χ3n) is 2.50. The minimum absolute atomic E-state index is 0.182. The molecule has 2 heterocycles. The molecule has 0 aliphatic heterocycles. The van der Waals surface area contributed by atoms with Gasteiger partial charge < -0.3 is 9.68 Å². The van der Waals surface area contributed by atoms with Gasteiger partial charge in [-0.2, -0.15) is 4.98 Å². The Bertz CT molecular complexity index is 708. The van der Waals surface area contributed by atoms with Gasteiger partial charge in [-0.25, -0.2) is 15.0 Å². The third kappa shape index (κ3) is 2.23. The molecule has 0 unspecified atom stereocenters. The molecular formula is C12H8BN4O2. The van der Waals surface area contributed by atoms with E-state index in [-0.39, 0.29) is 5.88 Å². The lowest BCUT2D eigenvalue weighted by molar-refractivity contribution is 0.444. The van der Waals surface area contributed by atoms with Gasteiger partial charge in [0.25, 0.3) is 0 Å². The van der Waals surface area contributed by atoms with Gasteiger partial charge in [0.15, 0.2) is 5.65 Å². The summed E-state index contributed by atoms with van der Waals surface area (Å²) in [5.74, 6) is 0.182. The first-order valence-electron chi connectivity index (χ1n) is 5.55. The maximum absolute atomic E-state index is 8.81. The molecule has 2 aromatic heterocycles. The van der Waals surface area contributed by atoms with Crippen molar-refractivity contribution in [3.63, 3.8) is 0 Å². The number of nitrogens with zero attached hydrogens (tertiary/aromatic N) is 4. The highest BCUT2D eigenvalue weighted by atomic mass is 16.5. The maximum Gasteiger partial charge on any atom is 0.570 e. The normalized spacial score (nSPS) is 10.4. The summed E-state index contributed by atoms with van der Waals surface area (Å²) in [6.45, 7) is 0. The van der Waals surface area contributed by atoms with E-state index in [1.807, 2.05) is 30.3 Å². The number of hydrogen-bond acceptors (Lipinski definition) is 6. The molecule has 0 spiro atoms. The molecule has 7 heteroatoms. The van der Waals surface area contributed by atoms with Crippen molar-refractivity contribution in [2.45, 2.75) is 0 Å². The van der Waals surface area contributed by atoms with Gasteiger partial charge in [-0.15, -0.1) is 0 Å². The number of rotatable bonds is 3. The Labute approximate surface area is 109 Å². The first kappa shape index (κ1) is 11.5. The highest BCUT2D eigenvalue weighted by molar-refractivity contribution is 6.17. The first-order valence-corrected chi connectivity index (χ1v) is 5.55. The van der Waals surface area contributed by atoms with Gasteiger partial charge in [-0.1, -0.05) is 30.3 Å². The molecule has 0 atom stereocenters. The van der Waals surface area contributed by atoms with Crippen molar-refractivity contribution in [2.75, 3.05) is 0 Å². The van der Waals surface area contributed by atoms with Crippen molar-refractivity contribution in [1.82, 2.24) is 19.9 Å². The van der Waals surface area contributed by atoms with Crippen LogP contribution in [-0.4, -0.2) is 32.6 Å². The van der Waals surface area contributed by atoms with Gasteiger partial charge in [0.1, 0.15) is 5.69 Å². The lowest BCUT2D eigenvalue weighted by Gasteiger charge is -2.08. The van der Waals surface area contributed by atoms with E-state index in [2.05, 4.69) is 19.9 Å². The fraction of sp³-hybridized carbons (Fsp3) is 0. The lowest BCUT2D eigenvalue weighted by Crippen LogP contribution is -2.06. The van der Waals surface area contributed by atoms with E-state index in [0.717, 1.165) is 5.56 Å². The van der Waals surface area contributed by atoms with Crippen molar-refractivity contribution < 1.29 is 9.68 Å². The number of benzene rings is 1. The number of hydrogen-bond donors (Lipinski definition) is 1. The minimum Gasteiger partial charge on any atom is -0.522 e. The third-order valence-corrected chi connectivity index (χ3v) is 2.50. The Morgan fingerprint density at radius 1 is 0.947 bits per heavy atom. The van der Waals surface area contributed by atoms with Crippen LogP contribution >= 0.6 is 0 Å². The van der Waals surface area contributed by atoms with E-state index in [1.54, 1.807) is 6.20 Å². The minimum atomic E-state index is 0.182. The van der Waals surface area contributed by atoms with Crippen LogP contribution in [0.15, 0.2) is 42.7 Å². The number of fused-ring (bicyclic) bond motifs is 1. The SMILES string of the molecule is O[B]Oc1nc2nccnc2nc1-c1ccccc1. The molecule has 1 N–H and O–H groups in total. The molecule has 0 bridgehead atoms. The summed E-state index contributed by atoms with van der Waals surface area (Å²) in [7, 11) is 0.568. The van der Waals surface area contributed by atoms with Crippen LogP contribution in [0.25, 0.3) is 22.6 Å². The molecule has 0 saturated heterocycles. The largest absolute Gasteiger partial charge is 0.570 e. The van der Waals surface area contributed by atoms with Crippen molar-refractivity contribution in [3.8, 4) is 17.1 Å². The van der Waals surface area contributed by atoms with E-state index in [9.17, 15) is 0 Å². The van der Waals surface area contributed by atoms with Gasteiger partial charge in [-0.3, -0.25) is 0 Å². The molecule has 3 rings (SSSR count). The van der Waals surface area contributed by atoms with Crippen LogP contribution in [0.1, 0.15) is 0 Å². The summed E-state index contributed by atoms with van der Waals surface area (Å²) in [5.41, 5.74) is 2.10. The van der Waals surface area contributed by atoms with Crippen LogP contribution < -0.4 is 4.65 Å². The lowest BCUT2D eigenvalue weighted by atomic mass is 10.1. The molecule has 0 saturated carbocycles. The second-order valence-electron chi connectivity index (χ2n) is 3.67. The standard InChI is InChI=1S/C12H8BN4O2/c18-13-19-12-9(8-4-2-1-3-5-8)16-10-11(17-12)15-7-6-14-10/h1-7,18H. The Kier molecular flexibility index (Phi) is 3.03. The smallest absolute Gasteiger partial charge is 0.522 e. The molecule has 1 radical (unpaired) electrons. The summed E-state index contributed by atoms with van der Waals surface area (Å²) in [6, 6.07) is 9.40. The summed E-state index contributed by atoms with van der Waals surface area (Å²) in [6.07, 6.45) is 3.07. The zero-order valence-corrected chi connectivity index (χ0v) is 9.76. The van der Waals surface area contributed by atoms with E-state index in [0.29, 0.717) is 24.7 Å². The Morgan fingerprint density at radius 2 is 1.63 bits per heavy atom. The van der Waals surface area contributed by atoms with Gasteiger partial charge >= 0.3 is 7.69 Å². The zero-order valence-electron chi connectivity index (χ0n) is 9.76. The molecule has 0 aliphatic carbocycles. The van der Waals surface area contributed by atoms with Crippen LogP contribution in [0.5, 0.6) is 5.88 Å².